The number of ether oxygens (including phenoxy) is 1. The van der Waals surface area contributed by atoms with Crippen molar-refractivity contribution in [3.63, 3.8) is 0 Å². The predicted octanol–water partition coefficient (Wildman–Crippen LogP) is 2.95. The summed E-state index contributed by atoms with van der Waals surface area (Å²) in [4.78, 5) is 35.3. The maximum absolute atomic E-state index is 12.9. The van der Waals surface area contributed by atoms with E-state index in [4.69, 9.17) is 4.74 Å². The lowest BCUT2D eigenvalue weighted by Gasteiger charge is -2.09. The first kappa shape index (κ1) is 18.5. The van der Waals surface area contributed by atoms with Crippen molar-refractivity contribution in [3.8, 4) is 0 Å². The number of aryl methyl sites for hydroxylation is 1. The Morgan fingerprint density at radius 3 is 2.89 bits per heavy atom. The van der Waals surface area contributed by atoms with Crippen LogP contribution in [0.25, 0.3) is 20.4 Å². The van der Waals surface area contributed by atoms with Gasteiger partial charge in [0.25, 0.3) is 5.56 Å². The van der Waals surface area contributed by atoms with Gasteiger partial charge in [-0.3, -0.25) is 14.2 Å². The van der Waals surface area contributed by atoms with Gasteiger partial charge in [-0.1, -0.05) is 0 Å². The quantitative estimate of drug-likeness (QED) is 0.468. The summed E-state index contributed by atoms with van der Waals surface area (Å²) in [5, 5.41) is 0.861. The molecule has 0 bridgehead atoms. The monoisotopic (exact) mass is 396 g/mol. The second-order valence-corrected chi connectivity index (χ2v) is 7.67. The molecule has 0 aromatic carbocycles. The van der Waals surface area contributed by atoms with Gasteiger partial charge in [0.1, 0.15) is 9.53 Å². The third-order valence-corrected chi connectivity index (χ3v) is 6.02. The first-order valence-electron chi connectivity index (χ1n) is 8.92. The van der Waals surface area contributed by atoms with Gasteiger partial charge in [-0.05, 0) is 32.0 Å². The average Bonchev–Trinajstić information content (AvgIpc) is 3.20. The van der Waals surface area contributed by atoms with Crippen LogP contribution in [0.4, 0.5) is 0 Å². The van der Waals surface area contributed by atoms with Crippen LogP contribution < -0.4 is 5.56 Å². The van der Waals surface area contributed by atoms with Crippen LogP contribution in [-0.4, -0.2) is 38.6 Å². The normalized spacial score (nSPS) is 11.5. The number of pyridine rings is 1. The second kappa shape index (κ2) is 7.29. The fourth-order valence-electron chi connectivity index (χ4n) is 3.47. The van der Waals surface area contributed by atoms with Crippen molar-refractivity contribution in [2.45, 2.75) is 26.9 Å². The molecule has 4 rings (SSSR count). The number of carbonyl (C=O) groups is 1. The standard InChI is InChI=1S/C20H20N4O3S/c1-12-9-15(13(2)24(12)7-8-27-3)16(25)10-23-11-22-17-14-5-4-6-21-19(14)28-18(17)20(23)26/h4-6,9,11H,7-8,10H2,1-3H3. The molecular weight excluding hydrogens is 376 g/mol. The smallest absolute Gasteiger partial charge is 0.271 e. The van der Waals surface area contributed by atoms with Gasteiger partial charge in [0, 0.05) is 42.2 Å². The number of methoxy groups -OCH3 is 1. The number of aromatic nitrogens is 4. The summed E-state index contributed by atoms with van der Waals surface area (Å²) >= 11 is 1.31. The fourth-order valence-corrected chi connectivity index (χ4v) is 4.51. The van der Waals surface area contributed by atoms with E-state index in [9.17, 15) is 9.59 Å². The van der Waals surface area contributed by atoms with Gasteiger partial charge < -0.3 is 9.30 Å². The first-order chi connectivity index (χ1) is 13.5. The van der Waals surface area contributed by atoms with Crippen LogP contribution in [-0.2, 0) is 17.8 Å². The van der Waals surface area contributed by atoms with E-state index < -0.39 is 0 Å². The minimum atomic E-state index is -0.213. The van der Waals surface area contributed by atoms with Crippen LogP contribution in [0.15, 0.2) is 35.5 Å². The molecule has 0 spiro atoms. The molecule has 0 atom stereocenters. The molecule has 0 aliphatic rings. The van der Waals surface area contributed by atoms with Crippen molar-refractivity contribution in [3.05, 3.63) is 58.0 Å². The number of hydrogen-bond donors (Lipinski definition) is 0. The zero-order valence-corrected chi connectivity index (χ0v) is 16.7. The molecule has 0 fully saturated rings. The highest BCUT2D eigenvalue weighted by atomic mass is 32.1. The number of nitrogens with zero attached hydrogens (tertiary/aromatic N) is 4. The summed E-state index contributed by atoms with van der Waals surface area (Å²) < 4.78 is 9.09. The highest BCUT2D eigenvalue weighted by molar-refractivity contribution is 7.25. The van der Waals surface area contributed by atoms with Crippen LogP contribution in [0.3, 0.4) is 0 Å². The van der Waals surface area contributed by atoms with E-state index in [0.717, 1.165) is 21.6 Å². The van der Waals surface area contributed by atoms with Crippen LogP contribution in [0.2, 0.25) is 0 Å². The summed E-state index contributed by atoms with van der Waals surface area (Å²) in [6, 6.07) is 5.59. The maximum atomic E-state index is 12.9. The average molecular weight is 396 g/mol. The van der Waals surface area contributed by atoms with Crippen molar-refractivity contribution < 1.29 is 9.53 Å². The molecule has 4 heterocycles. The predicted molar refractivity (Wildman–Crippen MR) is 109 cm³/mol. The van der Waals surface area contributed by atoms with Gasteiger partial charge in [0.05, 0.1) is 25.0 Å². The minimum absolute atomic E-state index is 0.0436. The molecule has 4 aromatic heterocycles. The van der Waals surface area contributed by atoms with E-state index in [0.29, 0.717) is 28.9 Å². The fraction of sp³-hybridized carbons (Fsp3) is 0.300. The molecule has 28 heavy (non-hydrogen) atoms. The van der Waals surface area contributed by atoms with Crippen molar-refractivity contribution in [1.82, 2.24) is 19.1 Å². The molecule has 0 saturated heterocycles. The molecule has 0 saturated carbocycles. The highest BCUT2D eigenvalue weighted by Gasteiger charge is 2.18. The SMILES string of the molecule is COCCn1c(C)cc(C(=O)Cn2cnc3c(sc4ncccc43)c2=O)c1C. The molecule has 0 aliphatic heterocycles. The lowest BCUT2D eigenvalue weighted by Crippen LogP contribution is -2.24. The van der Waals surface area contributed by atoms with Crippen molar-refractivity contribution in [2.75, 3.05) is 13.7 Å². The van der Waals surface area contributed by atoms with Crippen LogP contribution >= 0.6 is 11.3 Å². The number of carbonyl (C=O) groups excluding carboxylic acids is 1. The summed E-state index contributed by atoms with van der Waals surface area (Å²) in [5.74, 6) is -0.112. The molecule has 0 N–H and O–H groups in total. The Kier molecular flexibility index (Phi) is 4.82. The van der Waals surface area contributed by atoms with Gasteiger partial charge in [0.15, 0.2) is 5.78 Å². The Morgan fingerprint density at radius 1 is 1.29 bits per heavy atom. The number of fused-ring (bicyclic) bond motifs is 3. The Balaban J connectivity index is 1.68. The molecule has 7 nitrogen and oxygen atoms in total. The topological polar surface area (TPSA) is 79.0 Å². The highest BCUT2D eigenvalue weighted by Crippen LogP contribution is 2.28. The van der Waals surface area contributed by atoms with E-state index >= 15 is 0 Å². The summed E-state index contributed by atoms with van der Waals surface area (Å²) in [6.07, 6.45) is 3.14. The van der Waals surface area contributed by atoms with E-state index in [1.165, 1.54) is 22.2 Å². The van der Waals surface area contributed by atoms with Crippen molar-refractivity contribution in [1.29, 1.82) is 0 Å². The Hall–Kier alpha value is -2.84. The molecule has 0 unspecified atom stereocenters. The van der Waals surface area contributed by atoms with Crippen molar-refractivity contribution in [2.24, 2.45) is 0 Å². The van der Waals surface area contributed by atoms with Gasteiger partial charge in [-0.25, -0.2) is 9.97 Å². The molecule has 8 heteroatoms. The Morgan fingerprint density at radius 2 is 2.11 bits per heavy atom. The van der Waals surface area contributed by atoms with Crippen LogP contribution in [0.1, 0.15) is 21.7 Å². The summed E-state index contributed by atoms with van der Waals surface area (Å²) in [6.45, 7) is 5.09. The largest absolute Gasteiger partial charge is 0.383 e. The zero-order chi connectivity index (χ0) is 19.8. The van der Waals surface area contributed by atoms with E-state index in [-0.39, 0.29) is 17.9 Å². The Labute approximate surface area is 165 Å². The first-order valence-corrected chi connectivity index (χ1v) is 9.74. The maximum Gasteiger partial charge on any atom is 0.271 e. The molecule has 144 valence electrons. The molecule has 4 aromatic rings. The zero-order valence-electron chi connectivity index (χ0n) is 15.9. The number of hydrogen-bond acceptors (Lipinski definition) is 6. The Bertz CT molecular complexity index is 1250. The summed E-state index contributed by atoms with van der Waals surface area (Å²) in [5.41, 5.74) is 2.93. The van der Waals surface area contributed by atoms with Crippen molar-refractivity contribution >= 4 is 37.6 Å². The lowest BCUT2D eigenvalue weighted by molar-refractivity contribution is 0.0969. The molecule has 0 amide bonds. The van der Waals surface area contributed by atoms with E-state index in [1.54, 1.807) is 13.3 Å². The summed E-state index contributed by atoms with van der Waals surface area (Å²) in [7, 11) is 1.65. The van der Waals surface area contributed by atoms with Crippen LogP contribution in [0.5, 0.6) is 0 Å². The van der Waals surface area contributed by atoms with Gasteiger partial charge in [-0.15, -0.1) is 11.3 Å². The van der Waals surface area contributed by atoms with E-state index in [2.05, 4.69) is 14.5 Å². The lowest BCUT2D eigenvalue weighted by atomic mass is 10.1. The third kappa shape index (κ3) is 3.04. The van der Waals surface area contributed by atoms with Gasteiger partial charge in [-0.2, -0.15) is 0 Å². The minimum Gasteiger partial charge on any atom is -0.383 e. The third-order valence-electron chi connectivity index (χ3n) is 4.93. The number of rotatable bonds is 6. The van der Waals surface area contributed by atoms with Gasteiger partial charge in [0.2, 0.25) is 0 Å². The molecule has 0 radical (unpaired) electrons. The molecular formula is C20H20N4O3S. The second-order valence-electron chi connectivity index (χ2n) is 6.67. The molecule has 0 aliphatic carbocycles. The van der Waals surface area contributed by atoms with Gasteiger partial charge >= 0.3 is 0 Å². The number of thiophene rings is 1. The van der Waals surface area contributed by atoms with E-state index in [1.807, 2.05) is 32.0 Å². The number of ketones is 1. The van der Waals surface area contributed by atoms with Crippen LogP contribution in [0, 0.1) is 13.8 Å². The number of Topliss-reactive ketones (excluding diaryl/α,β-unsaturated/α-hetero) is 1.